The number of piperidine rings is 1. The van der Waals surface area contributed by atoms with Gasteiger partial charge in [-0.2, -0.15) is 5.26 Å². The Morgan fingerprint density at radius 1 is 1.11 bits per heavy atom. The average molecular weight is 585 g/mol. The number of sulfone groups is 1. The summed E-state index contributed by atoms with van der Waals surface area (Å²) in [5, 5.41) is 12.9. The molecule has 1 saturated heterocycles. The second kappa shape index (κ2) is 11.5. The Balaban J connectivity index is 1.57. The molecule has 11 heteroatoms. The lowest BCUT2D eigenvalue weighted by Crippen LogP contribution is -2.55. The quantitative estimate of drug-likeness (QED) is 0.498. The average Bonchev–Trinajstić information content (AvgIpc) is 3.30. The standard InChI is InChI=1S/C26H28Cl3N3O4S/c1-32-10-8-26(16-30,9-11-32)31-25(33)21-13-20(37(34,35)24-7-6-19(28)12-22(24)29)14-23(21)36-15-17-2-4-18(27)5-3-17/h2-7,12,20-21,23H,8-11,13-15H2,1H3,(H,31,33). The number of likely N-dealkylation sites (tertiary alicyclic amines) is 1. The molecule has 1 heterocycles. The van der Waals surface area contributed by atoms with Gasteiger partial charge in [0.25, 0.3) is 0 Å². The molecule has 0 bridgehead atoms. The van der Waals surface area contributed by atoms with Crippen molar-refractivity contribution in [3.63, 3.8) is 0 Å². The maximum Gasteiger partial charge on any atom is 0.227 e. The van der Waals surface area contributed by atoms with Crippen LogP contribution in [0.1, 0.15) is 31.2 Å². The summed E-state index contributed by atoms with van der Waals surface area (Å²) in [5.41, 5.74) is -0.139. The topological polar surface area (TPSA) is 99.5 Å². The molecule has 4 rings (SSSR count). The molecule has 1 saturated carbocycles. The van der Waals surface area contributed by atoms with E-state index in [2.05, 4.69) is 16.3 Å². The van der Waals surface area contributed by atoms with E-state index in [9.17, 15) is 18.5 Å². The predicted molar refractivity (Wildman–Crippen MR) is 143 cm³/mol. The van der Waals surface area contributed by atoms with Crippen molar-refractivity contribution in [2.45, 2.75) is 54.1 Å². The second-order valence-electron chi connectivity index (χ2n) is 9.78. The van der Waals surface area contributed by atoms with E-state index in [4.69, 9.17) is 39.5 Å². The van der Waals surface area contributed by atoms with Crippen LogP contribution in [0.5, 0.6) is 0 Å². The van der Waals surface area contributed by atoms with Gasteiger partial charge in [-0.15, -0.1) is 0 Å². The molecule has 1 N–H and O–H groups in total. The van der Waals surface area contributed by atoms with Gasteiger partial charge >= 0.3 is 0 Å². The minimum absolute atomic E-state index is 0.0233. The fraction of sp³-hybridized carbons (Fsp3) is 0.462. The van der Waals surface area contributed by atoms with E-state index in [0.717, 1.165) is 5.56 Å². The van der Waals surface area contributed by atoms with Crippen molar-refractivity contribution in [1.29, 1.82) is 5.26 Å². The van der Waals surface area contributed by atoms with Crippen molar-refractivity contribution in [1.82, 2.24) is 10.2 Å². The first kappa shape index (κ1) is 28.2. The largest absolute Gasteiger partial charge is 0.373 e. The minimum Gasteiger partial charge on any atom is -0.373 e. The van der Waals surface area contributed by atoms with E-state index >= 15 is 0 Å². The highest BCUT2D eigenvalue weighted by molar-refractivity contribution is 7.92. The van der Waals surface area contributed by atoms with Gasteiger partial charge < -0.3 is 15.0 Å². The zero-order chi connectivity index (χ0) is 26.8. The fourth-order valence-corrected chi connectivity index (χ4v) is 7.64. The molecule has 2 aliphatic rings. The molecule has 0 radical (unpaired) electrons. The predicted octanol–water partition coefficient (Wildman–Crippen LogP) is 4.89. The first-order valence-electron chi connectivity index (χ1n) is 12.0. The third-order valence-corrected chi connectivity index (χ3v) is 10.4. The summed E-state index contributed by atoms with van der Waals surface area (Å²) in [5.74, 6) is -1.12. The number of nitrogens with zero attached hydrogens (tertiary/aromatic N) is 2. The molecule has 3 atom stereocenters. The Labute approximate surface area is 232 Å². The van der Waals surface area contributed by atoms with Crippen LogP contribution in [0.15, 0.2) is 47.4 Å². The third-order valence-electron chi connectivity index (χ3n) is 7.23. The van der Waals surface area contributed by atoms with Crippen molar-refractivity contribution in [3.05, 3.63) is 63.1 Å². The van der Waals surface area contributed by atoms with E-state index in [-0.39, 0.29) is 35.3 Å². The van der Waals surface area contributed by atoms with Gasteiger partial charge in [-0.1, -0.05) is 46.9 Å². The fourth-order valence-electron chi connectivity index (χ4n) is 4.93. The molecule has 2 aromatic rings. The van der Waals surface area contributed by atoms with Crippen LogP contribution in [0.3, 0.4) is 0 Å². The number of benzene rings is 2. The molecular weight excluding hydrogens is 557 g/mol. The van der Waals surface area contributed by atoms with Crippen LogP contribution >= 0.6 is 34.8 Å². The first-order valence-corrected chi connectivity index (χ1v) is 14.7. The zero-order valence-corrected chi connectivity index (χ0v) is 23.4. The van der Waals surface area contributed by atoms with Crippen LogP contribution in [0.25, 0.3) is 0 Å². The number of ether oxygens (including phenoxy) is 1. The van der Waals surface area contributed by atoms with Crippen molar-refractivity contribution in [3.8, 4) is 6.07 Å². The maximum absolute atomic E-state index is 13.6. The zero-order valence-electron chi connectivity index (χ0n) is 20.3. The Morgan fingerprint density at radius 2 is 1.76 bits per heavy atom. The smallest absolute Gasteiger partial charge is 0.227 e. The molecule has 1 amide bonds. The van der Waals surface area contributed by atoms with E-state index in [0.29, 0.717) is 36.0 Å². The third kappa shape index (κ3) is 6.42. The molecule has 37 heavy (non-hydrogen) atoms. The van der Waals surface area contributed by atoms with E-state index in [1.165, 1.54) is 18.2 Å². The highest BCUT2D eigenvalue weighted by Crippen LogP contribution is 2.39. The number of amides is 1. The van der Waals surface area contributed by atoms with Gasteiger partial charge in [0.2, 0.25) is 5.91 Å². The Hall–Kier alpha value is -1.86. The molecule has 3 unspecified atom stereocenters. The van der Waals surface area contributed by atoms with Crippen LogP contribution in [0, 0.1) is 17.2 Å². The molecule has 7 nitrogen and oxygen atoms in total. The number of rotatable bonds is 7. The summed E-state index contributed by atoms with van der Waals surface area (Å²) in [6.45, 7) is 1.55. The Bertz CT molecular complexity index is 1290. The molecule has 1 aliphatic heterocycles. The maximum atomic E-state index is 13.6. The summed E-state index contributed by atoms with van der Waals surface area (Å²) in [7, 11) is -1.90. The number of halogens is 3. The summed E-state index contributed by atoms with van der Waals surface area (Å²) in [6.07, 6.45) is 0.506. The van der Waals surface area contributed by atoms with Gasteiger partial charge in [0, 0.05) is 23.1 Å². The summed E-state index contributed by atoms with van der Waals surface area (Å²) in [4.78, 5) is 15.6. The van der Waals surface area contributed by atoms with Crippen molar-refractivity contribution in [2.75, 3.05) is 20.1 Å². The summed E-state index contributed by atoms with van der Waals surface area (Å²) >= 11 is 18.2. The number of hydrogen-bond acceptors (Lipinski definition) is 6. The number of nitrogens with one attached hydrogen (secondary N) is 1. The molecule has 0 aromatic heterocycles. The molecule has 1 aliphatic carbocycles. The van der Waals surface area contributed by atoms with Crippen molar-refractivity contribution in [2.24, 2.45) is 5.92 Å². The first-order chi connectivity index (χ1) is 17.5. The molecule has 2 fully saturated rings. The highest BCUT2D eigenvalue weighted by atomic mass is 35.5. The summed E-state index contributed by atoms with van der Waals surface area (Å²) in [6, 6.07) is 13.7. The monoisotopic (exact) mass is 583 g/mol. The van der Waals surface area contributed by atoms with E-state index in [1.54, 1.807) is 12.1 Å². The molecular formula is C26H28Cl3N3O4S. The van der Waals surface area contributed by atoms with Gasteiger partial charge in [-0.05, 0) is 68.6 Å². The van der Waals surface area contributed by atoms with Crippen LogP contribution in [-0.2, 0) is 26.0 Å². The van der Waals surface area contributed by atoms with Crippen LogP contribution in [0.4, 0.5) is 0 Å². The second-order valence-corrected chi connectivity index (χ2v) is 13.3. The number of carbonyl (C=O) groups excluding carboxylic acids is 1. The van der Waals surface area contributed by atoms with Gasteiger partial charge in [0.1, 0.15) is 5.54 Å². The van der Waals surface area contributed by atoms with Crippen molar-refractivity contribution < 1.29 is 17.9 Å². The number of nitriles is 1. The van der Waals surface area contributed by atoms with Gasteiger partial charge in [-0.3, -0.25) is 4.79 Å². The normalized spacial score (nSPS) is 23.9. The Morgan fingerprint density at radius 3 is 2.38 bits per heavy atom. The van der Waals surface area contributed by atoms with Gasteiger partial charge in [0.05, 0.1) is 39.9 Å². The molecule has 2 aromatic carbocycles. The lowest BCUT2D eigenvalue weighted by molar-refractivity contribution is -0.131. The van der Waals surface area contributed by atoms with Crippen molar-refractivity contribution >= 4 is 50.5 Å². The SMILES string of the molecule is CN1CCC(C#N)(NC(=O)C2CC(S(=O)(=O)c3ccc(Cl)cc3Cl)CC2OCc2ccc(Cl)cc2)CC1. The molecule has 198 valence electrons. The van der Waals surface area contributed by atoms with E-state index in [1.807, 2.05) is 19.2 Å². The lowest BCUT2D eigenvalue weighted by atomic mass is 9.88. The van der Waals surface area contributed by atoms with Gasteiger partial charge in [-0.25, -0.2) is 8.42 Å². The summed E-state index contributed by atoms with van der Waals surface area (Å²) < 4.78 is 33.2. The number of carbonyl (C=O) groups is 1. The van der Waals surface area contributed by atoms with Crippen LogP contribution in [-0.4, -0.2) is 56.3 Å². The molecule has 0 spiro atoms. The van der Waals surface area contributed by atoms with Crippen LogP contribution in [0.2, 0.25) is 15.1 Å². The van der Waals surface area contributed by atoms with Gasteiger partial charge in [0.15, 0.2) is 9.84 Å². The van der Waals surface area contributed by atoms with Crippen LogP contribution < -0.4 is 5.32 Å². The highest BCUT2D eigenvalue weighted by Gasteiger charge is 2.47. The minimum atomic E-state index is -3.87. The Kier molecular flexibility index (Phi) is 8.74. The lowest BCUT2D eigenvalue weighted by Gasteiger charge is -2.37. The van der Waals surface area contributed by atoms with E-state index < -0.39 is 32.6 Å². The number of hydrogen-bond donors (Lipinski definition) is 1.